The molecule has 0 N–H and O–H groups in total. The van der Waals surface area contributed by atoms with Crippen molar-refractivity contribution in [3.8, 4) is 17.2 Å². The predicted molar refractivity (Wildman–Crippen MR) is 129 cm³/mol. The van der Waals surface area contributed by atoms with Crippen molar-refractivity contribution < 1.29 is 27.4 Å². The van der Waals surface area contributed by atoms with Crippen LogP contribution < -0.4 is 14.2 Å². The number of Topliss-reactive ketones (excluding diaryl/α,β-unsaturated/α-hetero) is 1. The second kappa shape index (κ2) is 9.12. The summed E-state index contributed by atoms with van der Waals surface area (Å²) >= 11 is 0. The van der Waals surface area contributed by atoms with Gasteiger partial charge in [0.05, 0.1) is 44.4 Å². The summed E-state index contributed by atoms with van der Waals surface area (Å²) in [7, 11) is 0.471. The van der Waals surface area contributed by atoms with Crippen molar-refractivity contribution in [1.82, 2.24) is 4.31 Å². The third-order valence-electron chi connectivity index (χ3n) is 6.04. The molecule has 0 spiro atoms. The van der Waals surface area contributed by atoms with E-state index in [1.807, 2.05) is 26.0 Å². The highest BCUT2D eigenvalue weighted by Gasteiger charge is 2.43. The van der Waals surface area contributed by atoms with Gasteiger partial charge in [-0.3, -0.25) is 4.79 Å². The zero-order valence-corrected chi connectivity index (χ0v) is 20.6. The largest absolute Gasteiger partial charge is 0.496 e. The summed E-state index contributed by atoms with van der Waals surface area (Å²) in [6.07, 6.45) is 0. The van der Waals surface area contributed by atoms with Crippen molar-refractivity contribution >= 4 is 15.8 Å². The van der Waals surface area contributed by atoms with Crippen molar-refractivity contribution in [2.45, 2.75) is 24.8 Å². The molecule has 0 bridgehead atoms. The molecule has 3 aromatic rings. The zero-order valence-electron chi connectivity index (χ0n) is 19.8. The SMILES string of the molecule is COc1cc(OC)c([C@@H]2c3cc(C)ccc3C(=O)CN2S(=O)(=O)c2ccc(C)cc2)c(OC)c1. The standard InChI is InChI=1S/C26H27NO6S/c1-16-6-9-19(10-7-16)34(29,30)27-15-22(28)20-11-8-17(2)12-21(20)26(27)25-23(32-4)13-18(31-3)14-24(25)33-5/h6-14,26H,15H2,1-5H3/t26-/m0/s1. The predicted octanol–water partition coefficient (Wildman–Crippen LogP) is 4.31. The average molecular weight is 482 g/mol. The van der Waals surface area contributed by atoms with Crippen LogP contribution in [-0.2, 0) is 10.0 Å². The summed E-state index contributed by atoms with van der Waals surface area (Å²) in [5.74, 6) is 1.02. The Kier molecular flexibility index (Phi) is 6.38. The van der Waals surface area contributed by atoms with Gasteiger partial charge in [0.25, 0.3) is 0 Å². The zero-order chi connectivity index (χ0) is 24.6. The Bertz CT molecular complexity index is 1320. The molecule has 7 nitrogen and oxygen atoms in total. The van der Waals surface area contributed by atoms with Gasteiger partial charge in [-0.2, -0.15) is 4.31 Å². The number of fused-ring (bicyclic) bond motifs is 1. The minimum Gasteiger partial charge on any atom is -0.496 e. The molecule has 1 heterocycles. The maximum atomic E-state index is 13.9. The first-order chi connectivity index (χ1) is 16.2. The van der Waals surface area contributed by atoms with Gasteiger partial charge in [0, 0.05) is 17.7 Å². The van der Waals surface area contributed by atoms with Gasteiger partial charge in [0.1, 0.15) is 17.2 Å². The number of aryl methyl sites for hydroxylation is 2. The lowest BCUT2D eigenvalue weighted by Crippen LogP contribution is -2.43. The molecule has 0 saturated heterocycles. The van der Waals surface area contributed by atoms with E-state index in [1.54, 1.807) is 42.5 Å². The molecule has 3 aromatic carbocycles. The number of benzene rings is 3. The lowest BCUT2D eigenvalue weighted by Gasteiger charge is -2.37. The summed E-state index contributed by atoms with van der Waals surface area (Å²) in [5, 5.41) is 0. The molecule has 0 unspecified atom stereocenters. The van der Waals surface area contributed by atoms with Crippen LogP contribution >= 0.6 is 0 Å². The Hall–Kier alpha value is -3.36. The fourth-order valence-electron chi connectivity index (χ4n) is 4.31. The number of carbonyl (C=O) groups is 1. The Morgan fingerprint density at radius 2 is 1.41 bits per heavy atom. The lowest BCUT2D eigenvalue weighted by atomic mass is 9.87. The molecule has 0 radical (unpaired) electrons. The van der Waals surface area contributed by atoms with Gasteiger partial charge in [-0.1, -0.05) is 41.5 Å². The van der Waals surface area contributed by atoms with E-state index < -0.39 is 16.1 Å². The van der Waals surface area contributed by atoms with Crippen LogP contribution in [0.3, 0.4) is 0 Å². The number of nitrogens with zero attached hydrogens (tertiary/aromatic N) is 1. The highest BCUT2D eigenvalue weighted by atomic mass is 32.2. The van der Waals surface area contributed by atoms with Crippen molar-refractivity contribution in [2.24, 2.45) is 0 Å². The Morgan fingerprint density at radius 1 is 0.824 bits per heavy atom. The molecule has 0 fully saturated rings. The van der Waals surface area contributed by atoms with Crippen molar-refractivity contribution in [3.63, 3.8) is 0 Å². The van der Waals surface area contributed by atoms with Gasteiger partial charge in [-0.15, -0.1) is 0 Å². The van der Waals surface area contributed by atoms with Crippen LogP contribution in [0, 0.1) is 13.8 Å². The van der Waals surface area contributed by atoms with Gasteiger partial charge in [-0.25, -0.2) is 8.42 Å². The number of rotatable bonds is 6. The number of ketones is 1. The molecule has 1 aliphatic rings. The maximum Gasteiger partial charge on any atom is 0.244 e. The second-order valence-corrected chi connectivity index (χ2v) is 10.1. The summed E-state index contributed by atoms with van der Waals surface area (Å²) in [5.41, 5.74) is 3.39. The smallest absolute Gasteiger partial charge is 0.244 e. The second-order valence-electron chi connectivity index (χ2n) is 8.23. The van der Waals surface area contributed by atoms with Gasteiger partial charge in [-0.05, 0) is 31.5 Å². The van der Waals surface area contributed by atoms with E-state index in [4.69, 9.17) is 14.2 Å². The van der Waals surface area contributed by atoms with Crippen LogP contribution in [0.15, 0.2) is 59.5 Å². The van der Waals surface area contributed by atoms with E-state index in [0.29, 0.717) is 33.9 Å². The van der Waals surface area contributed by atoms with E-state index in [1.165, 1.54) is 25.6 Å². The van der Waals surface area contributed by atoms with E-state index in [2.05, 4.69) is 0 Å². The van der Waals surface area contributed by atoms with Crippen LogP contribution in [0.4, 0.5) is 0 Å². The minimum absolute atomic E-state index is 0.110. The summed E-state index contributed by atoms with van der Waals surface area (Å²) in [4.78, 5) is 13.2. The molecule has 0 aliphatic carbocycles. The molecule has 8 heteroatoms. The van der Waals surface area contributed by atoms with E-state index in [0.717, 1.165) is 11.1 Å². The van der Waals surface area contributed by atoms with Crippen LogP contribution in [0.1, 0.15) is 38.7 Å². The van der Waals surface area contributed by atoms with Crippen molar-refractivity contribution in [1.29, 1.82) is 0 Å². The molecule has 0 aromatic heterocycles. The summed E-state index contributed by atoms with van der Waals surface area (Å²) < 4.78 is 45.8. The van der Waals surface area contributed by atoms with Crippen molar-refractivity contribution in [2.75, 3.05) is 27.9 Å². The fraction of sp³-hybridized carbons (Fsp3) is 0.269. The Balaban J connectivity index is 2.04. The number of ether oxygens (including phenoxy) is 3. The highest BCUT2D eigenvalue weighted by Crippen LogP contribution is 2.47. The molecule has 1 atom stereocenters. The van der Waals surface area contributed by atoms with Crippen LogP contribution in [0.25, 0.3) is 0 Å². The van der Waals surface area contributed by atoms with Crippen LogP contribution in [-0.4, -0.2) is 46.4 Å². The Labute approximate surface area is 199 Å². The number of sulfonamides is 1. The first-order valence-corrected chi connectivity index (χ1v) is 12.2. The Morgan fingerprint density at radius 3 is 1.97 bits per heavy atom. The quantitative estimate of drug-likeness (QED) is 0.522. The topological polar surface area (TPSA) is 82.1 Å². The number of hydrogen-bond acceptors (Lipinski definition) is 6. The normalized spacial score (nSPS) is 16.1. The molecule has 0 saturated carbocycles. The molecule has 0 amide bonds. The number of carbonyl (C=O) groups excluding carboxylic acids is 1. The molecular weight excluding hydrogens is 454 g/mol. The van der Waals surface area contributed by atoms with E-state index in [-0.39, 0.29) is 17.2 Å². The molecule has 178 valence electrons. The molecule has 4 rings (SSSR count). The van der Waals surface area contributed by atoms with E-state index in [9.17, 15) is 13.2 Å². The molecule has 1 aliphatic heterocycles. The fourth-order valence-corrected chi connectivity index (χ4v) is 5.84. The summed E-state index contributed by atoms with van der Waals surface area (Å²) in [6.45, 7) is 3.47. The van der Waals surface area contributed by atoms with Crippen molar-refractivity contribution in [3.05, 3.63) is 82.4 Å². The lowest BCUT2D eigenvalue weighted by molar-refractivity contribution is 0.0938. The first kappa shape index (κ1) is 23.8. The van der Waals surface area contributed by atoms with Gasteiger partial charge >= 0.3 is 0 Å². The third kappa shape index (κ3) is 4.03. The molecular formula is C26H27NO6S. The minimum atomic E-state index is -4.06. The third-order valence-corrected chi connectivity index (χ3v) is 7.87. The number of hydrogen-bond donors (Lipinski definition) is 0. The first-order valence-electron chi connectivity index (χ1n) is 10.7. The highest BCUT2D eigenvalue weighted by molar-refractivity contribution is 7.89. The van der Waals surface area contributed by atoms with Gasteiger partial charge < -0.3 is 14.2 Å². The van der Waals surface area contributed by atoms with E-state index >= 15 is 0 Å². The van der Waals surface area contributed by atoms with Gasteiger partial charge in [0.2, 0.25) is 10.0 Å². The monoisotopic (exact) mass is 481 g/mol. The van der Waals surface area contributed by atoms with Crippen LogP contribution in [0.5, 0.6) is 17.2 Å². The maximum absolute atomic E-state index is 13.9. The molecule has 34 heavy (non-hydrogen) atoms. The summed E-state index contributed by atoms with van der Waals surface area (Å²) in [6, 6.07) is 14.5. The van der Waals surface area contributed by atoms with Gasteiger partial charge in [0.15, 0.2) is 5.78 Å². The average Bonchev–Trinajstić information content (AvgIpc) is 2.83. The van der Waals surface area contributed by atoms with Crippen LogP contribution in [0.2, 0.25) is 0 Å². The number of methoxy groups -OCH3 is 3.